The highest BCUT2D eigenvalue weighted by atomic mass is 19.1. The van der Waals surface area contributed by atoms with Gasteiger partial charge >= 0.3 is 6.09 Å². The summed E-state index contributed by atoms with van der Waals surface area (Å²) >= 11 is 0. The number of phenols is 1. The van der Waals surface area contributed by atoms with Gasteiger partial charge in [0.05, 0.1) is 63.0 Å². The van der Waals surface area contributed by atoms with E-state index in [9.17, 15) is 24.6 Å². The average molecular weight is 753 g/mol. The number of methoxy groups -OCH3 is 1. The van der Waals surface area contributed by atoms with E-state index in [1.54, 1.807) is 6.07 Å². The monoisotopic (exact) mass is 752 g/mol. The Labute approximate surface area is 318 Å². The van der Waals surface area contributed by atoms with Gasteiger partial charge in [0.2, 0.25) is 11.5 Å². The highest BCUT2D eigenvalue weighted by molar-refractivity contribution is 5.93. The molecule has 1 fully saturated rings. The molecule has 0 saturated carbocycles. The Kier molecular flexibility index (Phi) is 11.7. The molecule has 4 aromatic carbocycles. The number of piperidine rings is 1. The van der Waals surface area contributed by atoms with E-state index in [0.29, 0.717) is 23.1 Å². The topological polar surface area (TPSA) is 162 Å². The number of hydrogen-bond donors (Lipinski definition) is 6. The van der Waals surface area contributed by atoms with Crippen LogP contribution >= 0.6 is 0 Å². The van der Waals surface area contributed by atoms with Crippen molar-refractivity contribution in [1.82, 2.24) is 4.98 Å². The number of nitrogens with zero attached hydrogens (tertiary/aromatic N) is 1. The van der Waals surface area contributed by atoms with E-state index in [4.69, 9.17) is 9.47 Å². The van der Waals surface area contributed by atoms with Crippen LogP contribution in [0.3, 0.4) is 0 Å². The zero-order valence-corrected chi connectivity index (χ0v) is 31.4. The summed E-state index contributed by atoms with van der Waals surface area (Å²) in [6.45, 7) is 3.33. The predicted molar refractivity (Wildman–Crippen MR) is 211 cm³/mol. The molecular formula is C42H47FN5O7+. The van der Waals surface area contributed by atoms with Gasteiger partial charge in [-0.1, -0.05) is 48.5 Å². The summed E-state index contributed by atoms with van der Waals surface area (Å²) in [5.74, 6) is -0.978. The number of aliphatic hydroxyl groups is 1. The molecule has 1 aliphatic heterocycles. The van der Waals surface area contributed by atoms with Crippen molar-refractivity contribution in [2.75, 3.05) is 56.8 Å². The van der Waals surface area contributed by atoms with Gasteiger partial charge in [0.1, 0.15) is 17.6 Å². The number of quaternary nitrogens is 1. The van der Waals surface area contributed by atoms with Crippen molar-refractivity contribution in [3.05, 3.63) is 112 Å². The van der Waals surface area contributed by atoms with Gasteiger partial charge in [0.25, 0.3) is 0 Å². The number of ether oxygens (including phenoxy) is 2. The molecule has 13 heteroatoms. The molecule has 0 unspecified atom stereocenters. The molecule has 0 radical (unpaired) electrons. The Bertz CT molecular complexity index is 2250. The predicted octanol–water partition coefficient (Wildman–Crippen LogP) is 6.86. The smallest absolute Gasteiger partial charge is 0.411 e. The molecule has 55 heavy (non-hydrogen) atoms. The number of hydrogen-bond acceptors (Lipinski definition) is 8. The zero-order valence-electron chi connectivity index (χ0n) is 31.4. The van der Waals surface area contributed by atoms with Gasteiger partial charge in [-0.2, -0.15) is 0 Å². The molecule has 1 aromatic heterocycles. The van der Waals surface area contributed by atoms with Crippen LogP contribution in [-0.2, 0) is 16.0 Å². The fraction of sp³-hybridized carbons (Fsp3) is 0.310. The molecule has 6 N–H and O–H groups in total. The summed E-state index contributed by atoms with van der Waals surface area (Å²) in [4.78, 5) is 40.6. The van der Waals surface area contributed by atoms with Crippen LogP contribution in [0.15, 0.2) is 83.7 Å². The first-order chi connectivity index (χ1) is 26.3. The molecule has 1 atom stereocenters. The van der Waals surface area contributed by atoms with E-state index in [0.717, 1.165) is 47.1 Å². The summed E-state index contributed by atoms with van der Waals surface area (Å²) in [5, 5.41) is 30.4. The number of aromatic nitrogens is 1. The summed E-state index contributed by atoms with van der Waals surface area (Å²) in [6.07, 6.45) is 0.143. The molecule has 5 aromatic rings. The van der Waals surface area contributed by atoms with Gasteiger partial charge in [-0.05, 0) is 48.2 Å². The van der Waals surface area contributed by atoms with E-state index in [1.807, 2.05) is 48.5 Å². The van der Waals surface area contributed by atoms with Crippen molar-refractivity contribution in [3.8, 4) is 22.6 Å². The standard InChI is InChI=1S/C42H46FN5O7/c1-25-39(43)33(23-36(54-4)40(25)44-24-35(50)30-13-15-34(49)41-31(30)14-17-38(52)47-41)45-37(51)16-11-26-10-12-29(27-8-6-5-7-9-27)32(22-26)46-42(53)55-28-18-20-48(2,3)21-19-28/h5-10,12-15,17,22-23,28,35,44,50H,11,16,18-21,24H2,1-4H3,(H3-,45,46,47,49,51,52,53)/p+1/t35-/m0/s1. The van der Waals surface area contributed by atoms with Gasteiger partial charge in [0, 0.05) is 54.5 Å². The highest BCUT2D eigenvalue weighted by Gasteiger charge is 2.29. The van der Waals surface area contributed by atoms with Crippen LogP contribution < -0.4 is 26.2 Å². The molecule has 0 bridgehead atoms. The number of amides is 2. The maximum atomic E-state index is 15.7. The van der Waals surface area contributed by atoms with Crippen molar-refractivity contribution in [1.29, 1.82) is 0 Å². The number of phenolic OH excluding ortho intramolecular Hbond substituents is 1. The molecule has 0 aliphatic carbocycles. The number of carbonyl (C=O) groups is 2. The number of benzene rings is 4. The molecule has 0 spiro atoms. The highest BCUT2D eigenvalue weighted by Crippen LogP contribution is 2.37. The molecule has 12 nitrogen and oxygen atoms in total. The van der Waals surface area contributed by atoms with Crippen LogP contribution in [0.2, 0.25) is 0 Å². The normalized spacial score (nSPS) is 14.6. The second kappa shape index (κ2) is 16.6. The number of fused-ring (bicyclic) bond motifs is 1. The second-order valence-corrected chi connectivity index (χ2v) is 14.5. The lowest BCUT2D eigenvalue weighted by atomic mass is 9.99. The molecule has 1 saturated heterocycles. The molecular weight excluding hydrogens is 705 g/mol. The Hall–Kier alpha value is -5.92. The van der Waals surface area contributed by atoms with Crippen LogP contribution in [0.5, 0.6) is 11.5 Å². The Morgan fingerprint density at radius 1 is 0.982 bits per heavy atom. The first-order valence-electron chi connectivity index (χ1n) is 18.2. The number of rotatable bonds is 12. The number of nitrogens with one attached hydrogen (secondary N) is 4. The summed E-state index contributed by atoms with van der Waals surface area (Å²) < 4.78 is 28.0. The third-order valence-corrected chi connectivity index (χ3v) is 10.1. The number of aromatic hydroxyl groups is 1. The van der Waals surface area contributed by atoms with Crippen LogP contribution in [0, 0.1) is 12.7 Å². The van der Waals surface area contributed by atoms with Crippen LogP contribution in [-0.4, -0.2) is 78.6 Å². The van der Waals surface area contributed by atoms with Gasteiger partial charge in [-0.25, -0.2) is 9.18 Å². The minimum absolute atomic E-state index is 0.0313. The number of carbonyl (C=O) groups excluding carboxylic acids is 2. The molecule has 6 rings (SSSR count). The first kappa shape index (κ1) is 38.8. The van der Waals surface area contributed by atoms with Crippen LogP contribution in [0.4, 0.5) is 26.2 Å². The lowest BCUT2D eigenvalue weighted by molar-refractivity contribution is -0.896. The zero-order chi connectivity index (χ0) is 39.3. The van der Waals surface area contributed by atoms with Crippen molar-refractivity contribution >= 4 is 40.0 Å². The van der Waals surface area contributed by atoms with Crippen molar-refractivity contribution in [2.45, 2.75) is 44.8 Å². The fourth-order valence-electron chi connectivity index (χ4n) is 6.94. The van der Waals surface area contributed by atoms with Crippen molar-refractivity contribution < 1.29 is 38.1 Å². The quantitative estimate of drug-likeness (QED) is 0.0754. The summed E-state index contributed by atoms with van der Waals surface area (Å²) in [6, 6.07) is 22.4. The fourth-order valence-corrected chi connectivity index (χ4v) is 6.94. The van der Waals surface area contributed by atoms with E-state index >= 15 is 4.39 Å². The number of likely N-dealkylation sites (tertiary alicyclic amines) is 1. The summed E-state index contributed by atoms with van der Waals surface area (Å²) in [5.41, 5.74) is 3.72. The second-order valence-electron chi connectivity index (χ2n) is 14.5. The molecule has 288 valence electrons. The van der Waals surface area contributed by atoms with Gasteiger partial charge in [-0.3, -0.25) is 14.9 Å². The minimum Gasteiger partial charge on any atom is -0.506 e. The molecule has 2 amide bonds. The number of halogens is 1. The summed E-state index contributed by atoms with van der Waals surface area (Å²) in [7, 11) is 5.75. The number of aliphatic hydroxyl groups excluding tert-OH is 1. The van der Waals surface area contributed by atoms with E-state index in [1.165, 1.54) is 38.3 Å². The average Bonchev–Trinajstić information content (AvgIpc) is 3.17. The van der Waals surface area contributed by atoms with E-state index < -0.39 is 29.5 Å². The molecule has 1 aliphatic rings. The van der Waals surface area contributed by atoms with Crippen molar-refractivity contribution in [3.63, 3.8) is 0 Å². The van der Waals surface area contributed by atoms with Crippen LogP contribution in [0.1, 0.15) is 42.1 Å². The molecule has 2 heterocycles. The number of pyridine rings is 1. The van der Waals surface area contributed by atoms with Crippen molar-refractivity contribution in [2.24, 2.45) is 0 Å². The Balaban J connectivity index is 1.12. The van der Waals surface area contributed by atoms with E-state index in [2.05, 4.69) is 35.0 Å². The van der Waals surface area contributed by atoms with Crippen LogP contribution in [0.25, 0.3) is 22.0 Å². The number of anilines is 3. The van der Waals surface area contributed by atoms with Gasteiger partial charge in [0.15, 0.2) is 5.82 Å². The van der Waals surface area contributed by atoms with E-state index in [-0.39, 0.29) is 53.0 Å². The largest absolute Gasteiger partial charge is 0.506 e. The maximum absolute atomic E-state index is 15.7. The van der Waals surface area contributed by atoms with Gasteiger partial charge < -0.3 is 39.8 Å². The lowest BCUT2D eigenvalue weighted by Gasteiger charge is -2.36. The maximum Gasteiger partial charge on any atom is 0.411 e. The lowest BCUT2D eigenvalue weighted by Crippen LogP contribution is -2.48. The first-order valence-corrected chi connectivity index (χ1v) is 18.2. The number of aromatic amines is 1. The Morgan fingerprint density at radius 2 is 1.73 bits per heavy atom. The Morgan fingerprint density at radius 3 is 2.45 bits per heavy atom. The number of aryl methyl sites for hydroxylation is 1. The third-order valence-electron chi connectivity index (χ3n) is 10.1. The third kappa shape index (κ3) is 9.25. The number of H-pyrrole nitrogens is 1. The minimum atomic E-state index is -1.10. The van der Waals surface area contributed by atoms with Gasteiger partial charge in [-0.15, -0.1) is 0 Å². The SMILES string of the molecule is COc1cc(NC(=O)CCc2ccc(-c3ccccc3)c(NC(=O)OC3CC[N+](C)(C)CC3)c2)c(F)c(C)c1NC[C@H](O)c1ccc(O)c2[nH]c(=O)ccc12.